The van der Waals surface area contributed by atoms with Crippen LogP contribution in [-0.4, -0.2) is 11.6 Å². The number of rotatable bonds is 4. The zero-order chi connectivity index (χ0) is 14.0. The van der Waals surface area contributed by atoms with Crippen molar-refractivity contribution in [2.24, 2.45) is 0 Å². The van der Waals surface area contributed by atoms with E-state index in [9.17, 15) is 9.59 Å². The van der Waals surface area contributed by atoms with E-state index >= 15 is 0 Å². The Morgan fingerprint density at radius 3 is 2.32 bits per heavy atom. The summed E-state index contributed by atoms with van der Waals surface area (Å²) in [7, 11) is 0. The molecule has 0 aliphatic carbocycles. The van der Waals surface area contributed by atoms with Crippen LogP contribution < -0.4 is 0 Å². The van der Waals surface area contributed by atoms with Gasteiger partial charge in [-0.05, 0) is 38.5 Å². The molecule has 98 valence electrons. The van der Waals surface area contributed by atoms with Crippen LogP contribution in [0.5, 0.6) is 0 Å². The minimum absolute atomic E-state index is 0.120. The molecular weight excluding hydrogens is 240 g/mol. The average Bonchev–Trinajstić information content (AvgIpc) is 2.78. The maximum atomic E-state index is 12.2. The molecule has 0 unspecified atom stereocenters. The third-order valence-corrected chi connectivity index (χ3v) is 3.17. The highest BCUT2D eigenvalue weighted by Crippen LogP contribution is 2.16. The lowest BCUT2D eigenvalue weighted by molar-refractivity contribution is 0.0893. The van der Waals surface area contributed by atoms with Crippen LogP contribution in [-0.2, 0) is 0 Å². The van der Waals surface area contributed by atoms with Gasteiger partial charge in [0.25, 0.3) is 0 Å². The van der Waals surface area contributed by atoms with Crippen LogP contribution in [0.4, 0.5) is 0 Å². The highest BCUT2D eigenvalue weighted by Gasteiger charge is 2.18. The Morgan fingerprint density at radius 2 is 1.68 bits per heavy atom. The van der Waals surface area contributed by atoms with Gasteiger partial charge < -0.3 is 4.42 Å². The summed E-state index contributed by atoms with van der Waals surface area (Å²) in [6, 6.07) is 7.28. The molecule has 3 nitrogen and oxygen atoms in total. The van der Waals surface area contributed by atoms with Gasteiger partial charge in [0, 0.05) is 5.56 Å². The molecule has 1 heterocycles. The molecular formula is C16H16O3. The van der Waals surface area contributed by atoms with Crippen molar-refractivity contribution in [3.05, 3.63) is 58.5 Å². The van der Waals surface area contributed by atoms with Crippen LogP contribution in [0.2, 0.25) is 0 Å². The number of carbonyl (C=O) groups is 2. The van der Waals surface area contributed by atoms with Gasteiger partial charge in [-0.1, -0.05) is 17.7 Å². The van der Waals surface area contributed by atoms with Gasteiger partial charge in [-0.2, -0.15) is 0 Å². The van der Waals surface area contributed by atoms with E-state index in [0.717, 1.165) is 11.1 Å². The summed E-state index contributed by atoms with van der Waals surface area (Å²) < 4.78 is 5.08. The first-order valence-corrected chi connectivity index (χ1v) is 6.17. The van der Waals surface area contributed by atoms with Gasteiger partial charge in [0.05, 0.1) is 18.2 Å². The molecule has 2 rings (SSSR count). The summed E-state index contributed by atoms with van der Waals surface area (Å²) in [4.78, 5) is 24.2. The predicted octanol–water partition coefficient (Wildman–Crippen LogP) is 3.66. The van der Waals surface area contributed by atoms with Crippen LogP contribution >= 0.6 is 0 Å². The van der Waals surface area contributed by atoms with Crippen molar-refractivity contribution in [1.82, 2.24) is 0 Å². The van der Waals surface area contributed by atoms with Crippen molar-refractivity contribution < 1.29 is 14.0 Å². The van der Waals surface area contributed by atoms with Crippen molar-refractivity contribution >= 4 is 11.6 Å². The number of Topliss-reactive ketones (excluding diaryl/α,β-unsaturated/α-hetero) is 2. The number of furan rings is 1. The molecule has 2 aromatic rings. The minimum Gasteiger partial charge on any atom is -0.469 e. The van der Waals surface area contributed by atoms with E-state index in [1.807, 2.05) is 32.0 Å². The topological polar surface area (TPSA) is 47.3 Å². The first kappa shape index (κ1) is 13.3. The lowest BCUT2D eigenvalue weighted by Gasteiger charge is -2.05. The summed E-state index contributed by atoms with van der Waals surface area (Å²) in [5, 5.41) is 0. The summed E-state index contributed by atoms with van der Waals surface area (Å²) in [5.74, 6) is 0.211. The second-order valence-electron chi connectivity index (χ2n) is 4.73. The van der Waals surface area contributed by atoms with Crippen molar-refractivity contribution in [2.45, 2.75) is 27.2 Å². The third kappa shape index (κ3) is 2.81. The zero-order valence-electron chi connectivity index (χ0n) is 11.3. The summed E-state index contributed by atoms with van der Waals surface area (Å²) in [6.45, 7) is 5.52. The number of hydrogen-bond acceptors (Lipinski definition) is 3. The van der Waals surface area contributed by atoms with Crippen LogP contribution in [0.1, 0.15) is 44.0 Å². The monoisotopic (exact) mass is 256 g/mol. The lowest BCUT2D eigenvalue weighted by atomic mass is 9.97. The summed E-state index contributed by atoms with van der Waals surface area (Å²) in [5.41, 5.74) is 3.02. The van der Waals surface area contributed by atoms with E-state index < -0.39 is 0 Å². The Bertz CT molecular complexity index is 635. The molecule has 1 aromatic heterocycles. The maximum absolute atomic E-state index is 12.2. The third-order valence-electron chi connectivity index (χ3n) is 3.17. The quantitative estimate of drug-likeness (QED) is 0.619. The Hall–Kier alpha value is -2.16. The van der Waals surface area contributed by atoms with E-state index in [1.165, 1.54) is 6.26 Å². The molecule has 0 amide bonds. The first-order valence-electron chi connectivity index (χ1n) is 6.17. The second kappa shape index (κ2) is 5.22. The highest BCUT2D eigenvalue weighted by molar-refractivity contribution is 6.14. The maximum Gasteiger partial charge on any atom is 0.174 e. The Balaban J connectivity index is 2.20. The molecule has 0 aliphatic heterocycles. The van der Waals surface area contributed by atoms with E-state index in [0.29, 0.717) is 16.9 Å². The van der Waals surface area contributed by atoms with Gasteiger partial charge in [0.15, 0.2) is 11.6 Å². The summed E-state index contributed by atoms with van der Waals surface area (Å²) in [6.07, 6.45) is 1.34. The van der Waals surface area contributed by atoms with Gasteiger partial charge in [-0.3, -0.25) is 9.59 Å². The molecule has 19 heavy (non-hydrogen) atoms. The smallest absolute Gasteiger partial charge is 0.174 e. The molecule has 0 bridgehead atoms. The lowest BCUT2D eigenvalue weighted by Crippen LogP contribution is -2.10. The van der Waals surface area contributed by atoms with E-state index in [4.69, 9.17) is 4.42 Å². The van der Waals surface area contributed by atoms with Gasteiger partial charge in [0.2, 0.25) is 0 Å². The number of carbonyl (C=O) groups excluding carboxylic acids is 2. The predicted molar refractivity (Wildman–Crippen MR) is 72.6 cm³/mol. The van der Waals surface area contributed by atoms with Gasteiger partial charge in [0.1, 0.15) is 5.76 Å². The van der Waals surface area contributed by atoms with Gasteiger partial charge in [-0.25, -0.2) is 0 Å². The molecule has 0 radical (unpaired) electrons. The standard InChI is InChI=1S/C16H16O3/c1-10-4-5-11(2)14(8-10)16(18)9-15(17)13-6-7-19-12(13)3/h4-8H,9H2,1-3H3. The normalized spacial score (nSPS) is 10.5. The molecule has 0 fully saturated rings. The molecule has 0 N–H and O–H groups in total. The van der Waals surface area contributed by atoms with Crippen LogP contribution in [0.3, 0.4) is 0 Å². The van der Waals surface area contributed by atoms with Crippen molar-refractivity contribution in [2.75, 3.05) is 0 Å². The van der Waals surface area contributed by atoms with Crippen LogP contribution in [0.15, 0.2) is 34.9 Å². The van der Waals surface area contributed by atoms with Gasteiger partial charge in [-0.15, -0.1) is 0 Å². The fourth-order valence-electron chi connectivity index (χ4n) is 2.05. The van der Waals surface area contributed by atoms with Crippen LogP contribution in [0.25, 0.3) is 0 Å². The molecule has 0 spiro atoms. The van der Waals surface area contributed by atoms with Crippen LogP contribution in [0, 0.1) is 20.8 Å². The number of benzene rings is 1. The van der Waals surface area contributed by atoms with Crippen molar-refractivity contribution in [1.29, 1.82) is 0 Å². The second-order valence-corrected chi connectivity index (χ2v) is 4.73. The molecule has 3 heteroatoms. The van der Waals surface area contributed by atoms with E-state index in [2.05, 4.69) is 0 Å². The molecule has 0 saturated carbocycles. The number of hydrogen-bond donors (Lipinski definition) is 0. The summed E-state index contributed by atoms with van der Waals surface area (Å²) >= 11 is 0. The van der Waals surface area contributed by atoms with E-state index in [1.54, 1.807) is 13.0 Å². The Labute approximate surface area is 112 Å². The largest absolute Gasteiger partial charge is 0.469 e. The fourth-order valence-corrected chi connectivity index (χ4v) is 2.05. The molecule has 0 aliphatic rings. The Morgan fingerprint density at radius 1 is 1.00 bits per heavy atom. The minimum atomic E-state index is -0.197. The van der Waals surface area contributed by atoms with Crippen molar-refractivity contribution in [3.63, 3.8) is 0 Å². The number of aryl methyl sites for hydroxylation is 3. The molecule has 1 aromatic carbocycles. The van der Waals surface area contributed by atoms with E-state index in [-0.39, 0.29) is 18.0 Å². The zero-order valence-corrected chi connectivity index (χ0v) is 11.3. The fraction of sp³-hybridized carbons (Fsp3) is 0.250. The average molecular weight is 256 g/mol. The number of ketones is 2. The van der Waals surface area contributed by atoms with Gasteiger partial charge >= 0.3 is 0 Å². The van der Waals surface area contributed by atoms with Crippen molar-refractivity contribution in [3.8, 4) is 0 Å². The SMILES string of the molecule is Cc1ccc(C)c(C(=O)CC(=O)c2ccoc2C)c1. The molecule has 0 atom stereocenters. The molecule has 0 saturated heterocycles. The first-order chi connectivity index (χ1) is 8.99. The Kier molecular flexibility index (Phi) is 3.65. The highest BCUT2D eigenvalue weighted by atomic mass is 16.3.